The first kappa shape index (κ1) is 18.4. The van der Waals surface area contributed by atoms with Gasteiger partial charge in [-0.1, -0.05) is 56.3 Å². The van der Waals surface area contributed by atoms with Gasteiger partial charge in [-0.3, -0.25) is 9.59 Å². The van der Waals surface area contributed by atoms with E-state index in [4.69, 9.17) is 0 Å². The fraction of sp³-hybridized carbons (Fsp3) is 0.455. The van der Waals surface area contributed by atoms with Crippen LogP contribution < -0.4 is 5.32 Å². The molecule has 4 nitrogen and oxygen atoms in total. The van der Waals surface area contributed by atoms with Crippen LogP contribution in [0.1, 0.15) is 38.7 Å². The van der Waals surface area contributed by atoms with Crippen molar-refractivity contribution in [3.8, 4) is 0 Å². The summed E-state index contributed by atoms with van der Waals surface area (Å²) in [7, 11) is 0. The Kier molecular flexibility index (Phi) is 5.92. The molecule has 2 aromatic carbocycles. The molecule has 1 fully saturated rings. The number of aryl methyl sites for hydroxylation is 1. The molecule has 3 rings (SSSR count). The molecule has 0 unspecified atom stereocenters. The van der Waals surface area contributed by atoms with E-state index in [0.717, 1.165) is 32.4 Å². The molecule has 1 heterocycles. The Labute approximate surface area is 155 Å². The molecule has 1 aliphatic rings. The second-order valence-electron chi connectivity index (χ2n) is 7.50. The summed E-state index contributed by atoms with van der Waals surface area (Å²) in [6.07, 6.45) is 2.95. The number of fused-ring (bicyclic) bond motifs is 1. The average molecular weight is 352 g/mol. The number of likely N-dealkylation sites (tertiary alicyclic amines) is 1. The molecule has 1 aliphatic heterocycles. The molecule has 1 N–H and O–H groups in total. The van der Waals surface area contributed by atoms with Gasteiger partial charge in [0.2, 0.25) is 11.8 Å². The van der Waals surface area contributed by atoms with Crippen LogP contribution in [-0.2, 0) is 16.0 Å². The van der Waals surface area contributed by atoms with Gasteiger partial charge >= 0.3 is 0 Å². The predicted molar refractivity (Wildman–Crippen MR) is 105 cm³/mol. The van der Waals surface area contributed by atoms with Crippen molar-refractivity contribution in [1.82, 2.24) is 10.2 Å². The van der Waals surface area contributed by atoms with E-state index in [1.807, 2.05) is 30.9 Å². The van der Waals surface area contributed by atoms with Gasteiger partial charge in [0.1, 0.15) is 0 Å². The summed E-state index contributed by atoms with van der Waals surface area (Å²) in [5.74, 6) is 0.362. The highest BCUT2D eigenvalue weighted by Crippen LogP contribution is 2.17. The number of nitrogens with zero attached hydrogens (tertiary/aromatic N) is 1. The summed E-state index contributed by atoms with van der Waals surface area (Å²) in [5.41, 5.74) is 1.19. The maximum atomic E-state index is 12.3. The molecule has 138 valence electrons. The molecule has 0 aliphatic carbocycles. The van der Waals surface area contributed by atoms with E-state index >= 15 is 0 Å². The van der Waals surface area contributed by atoms with Crippen LogP contribution in [0.3, 0.4) is 0 Å². The maximum absolute atomic E-state index is 12.3. The van der Waals surface area contributed by atoms with E-state index in [-0.39, 0.29) is 23.8 Å². The molecular formula is C22H28N2O2. The number of carbonyl (C=O) groups excluding carboxylic acids is 2. The molecule has 0 atom stereocenters. The zero-order chi connectivity index (χ0) is 18.5. The predicted octanol–water partition coefficient (Wildman–Crippen LogP) is 3.54. The highest BCUT2D eigenvalue weighted by molar-refractivity contribution is 5.83. The lowest BCUT2D eigenvalue weighted by molar-refractivity contribution is -0.135. The third-order valence-corrected chi connectivity index (χ3v) is 5.12. The third-order valence-electron chi connectivity index (χ3n) is 5.12. The Bertz CT molecular complexity index is 777. The van der Waals surface area contributed by atoms with Crippen molar-refractivity contribution in [1.29, 1.82) is 0 Å². The summed E-state index contributed by atoms with van der Waals surface area (Å²) < 4.78 is 0. The quantitative estimate of drug-likeness (QED) is 0.895. The lowest BCUT2D eigenvalue weighted by atomic mass is 10.0. The first-order chi connectivity index (χ1) is 12.5. The molecule has 0 spiro atoms. The molecule has 0 saturated carbocycles. The Morgan fingerprint density at radius 3 is 2.46 bits per heavy atom. The third kappa shape index (κ3) is 4.63. The van der Waals surface area contributed by atoms with Crippen LogP contribution in [0.4, 0.5) is 0 Å². The smallest absolute Gasteiger partial charge is 0.225 e. The number of hydrogen-bond donors (Lipinski definition) is 1. The summed E-state index contributed by atoms with van der Waals surface area (Å²) >= 11 is 0. The van der Waals surface area contributed by atoms with E-state index in [2.05, 4.69) is 35.6 Å². The van der Waals surface area contributed by atoms with Crippen molar-refractivity contribution in [2.45, 2.75) is 45.6 Å². The van der Waals surface area contributed by atoms with Crippen LogP contribution in [0, 0.1) is 5.92 Å². The number of hydrogen-bond acceptors (Lipinski definition) is 2. The SMILES string of the molecule is CC(C)C(=O)N1CCC(NC(=O)CCc2ccc3ccccc3c2)CC1. The van der Waals surface area contributed by atoms with Gasteiger partial charge in [0.15, 0.2) is 0 Å². The van der Waals surface area contributed by atoms with E-state index in [0.29, 0.717) is 6.42 Å². The fourth-order valence-corrected chi connectivity index (χ4v) is 3.56. The van der Waals surface area contributed by atoms with Crippen LogP contribution >= 0.6 is 0 Å². The van der Waals surface area contributed by atoms with Crippen molar-refractivity contribution in [2.75, 3.05) is 13.1 Å². The zero-order valence-corrected chi connectivity index (χ0v) is 15.7. The van der Waals surface area contributed by atoms with Gasteiger partial charge < -0.3 is 10.2 Å². The summed E-state index contributed by atoms with van der Waals surface area (Å²) in [6.45, 7) is 5.35. The lowest BCUT2D eigenvalue weighted by Gasteiger charge is -2.33. The normalized spacial score (nSPS) is 15.4. The van der Waals surface area contributed by atoms with Gasteiger partial charge in [-0.05, 0) is 35.6 Å². The average Bonchev–Trinajstić information content (AvgIpc) is 2.66. The molecule has 0 aromatic heterocycles. The molecule has 1 saturated heterocycles. The number of piperidine rings is 1. The molecule has 2 amide bonds. The van der Waals surface area contributed by atoms with Gasteiger partial charge in [0.25, 0.3) is 0 Å². The van der Waals surface area contributed by atoms with Gasteiger partial charge in [-0.2, -0.15) is 0 Å². The second-order valence-corrected chi connectivity index (χ2v) is 7.50. The first-order valence-electron chi connectivity index (χ1n) is 9.59. The summed E-state index contributed by atoms with van der Waals surface area (Å²) in [6, 6.07) is 14.8. The molecule has 26 heavy (non-hydrogen) atoms. The minimum absolute atomic E-state index is 0.0445. The number of carbonyl (C=O) groups is 2. The molecule has 0 bridgehead atoms. The first-order valence-corrected chi connectivity index (χ1v) is 9.59. The van der Waals surface area contributed by atoms with Crippen LogP contribution in [0.25, 0.3) is 10.8 Å². The van der Waals surface area contributed by atoms with Crippen molar-refractivity contribution in [3.05, 3.63) is 48.0 Å². The van der Waals surface area contributed by atoms with E-state index in [9.17, 15) is 9.59 Å². The monoisotopic (exact) mass is 352 g/mol. The summed E-state index contributed by atoms with van der Waals surface area (Å²) in [5, 5.41) is 5.58. The maximum Gasteiger partial charge on any atom is 0.225 e. The fourth-order valence-electron chi connectivity index (χ4n) is 3.56. The second kappa shape index (κ2) is 8.35. The number of rotatable bonds is 5. The standard InChI is InChI=1S/C22H28N2O2/c1-16(2)22(26)24-13-11-20(12-14-24)23-21(25)10-8-17-7-9-18-5-3-4-6-19(18)15-17/h3-7,9,15-16,20H,8,10-14H2,1-2H3,(H,23,25). The Hall–Kier alpha value is -2.36. The highest BCUT2D eigenvalue weighted by atomic mass is 16.2. The Morgan fingerprint density at radius 1 is 1.08 bits per heavy atom. The van der Waals surface area contributed by atoms with Crippen LogP contribution in [0.2, 0.25) is 0 Å². The van der Waals surface area contributed by atoms with Gasteiger partial charge in [0.05, 0.1) is 0 Å². The minimum atomic E-state index is 0.0445. The van der Waals surface area contributed by atoms with Crippen molar-refractivity contribution in [3.63, 3.8) is 0 Å². The number of nitrogens with one attached hydrogen (secondary N) is 1. The highest BCUT2D eigenvalue weighted by Gasteiger charge is 2.24. The van der Waals surface area contributed by atoms with E-state index in [1.54, 1.807) is 0 Å². The largest absolute Gasteiger partial charge is 0.353 e. The van der Waals surface area contributed by atoms with Gasteiger partial charge in [0, 0.05) is 31.5 Å². The summed E-state index contributed by atoms with van der Waals surface area (Å²) in [4.78, 5) is 26.2. The van der Waals surface area contributed by atoms with Crippen LogP contribution in [0.15, 0.2) is 42.5 Å². The zero-order valence-electron chi connectivity index (χ0n) is 15.7. The molecule has 0 radical (unpaired) electrons. The minimum Gasteiger partial charge on any atom is -0.353 e. The number of amides is 2. The Balaban J connectivity index is 1.45. The Morgan fingerprint density at radius 2 is 1.77 bits per heavy atom. The van der Waals surface area contributed by atoms with E-state index in [1.165, 1.54) is 16.3 Å². The lowest BCUT2D eigenvalue weighted by Crippen LogP contribution is -2.47. The van der Waals surface area contributed by atoms with Gasteiger partial charge in [-0.15, -0.1) is 0 Å². The van der Waals surface area contributed by atoms with Crippen molar-refractivity contribution >= 4 is 22.6 Å². The van der Waals surface area contributed by atoms with Crippen LogP contribution in [-0.4, -0.2) is 35.8 Å². The molecular weight excluding hydrogens is 324 g/mol. The van der Waals surface area contributed by atoms with E-state index < -0.39 is 0 Å². The number of benzene rings is 2. The van der Waals surface area contributed by atoms with Crippen molar-refractivity contribution in [2.24, 2.45) is 5.92 Å². The topological polar surface area (TPSA) is 49.4 Å². The van der Waals surface area contributed by atoms with Crippen molar-refractivity contribution < 1.29 is 9.59 Å². The van der Waals surface area contributed by atoms with Gasteiger partial charge in [-0.25, -0.2) is 0 Å². The molecule has 4 heteroatoms. The van der Waals surface area contributed by atoms with Crippen LogP contribution in [0.5, 0.6) is 0 Å². The molecule has 2 aromatic rings.